The number of rotatable bonds is 9. The number of aromatic nitrogens is 3. The molecular formula is C28H26N6O4S. The fraction of sp³-hybridized carbons (Fsp3) is 0.107. The normalized spacial score (nSPS) is 11.2. The molecule has 0 radical (unpaired) electrons. The fourth-order valence-electron chi connectivity index (χ4n) is 3.78. The summed E-state index contributed by atoms with van der Waals surface area (Å²) in [6.07, 6.45) is 1.53. The van der Waals surface area contributed by atoms with Crippen molar-refractivity contribution in [1.29, 1.82) is 0 Å². The monoisotopic (exact) mass is 542 g/mol. The molecule has 0 fully saturated rings. The van der Waals surface area contributed by atoms with Crippen LogP contribution in [0, 0.1) is 13.8 Å². The van der Waals surface area contributed by atoms with Gasteiger partial charge >= 0.3 is 0 Å². The van der Waals surface area contributed by atoms with Gasteiger partial charge in [0.2, 0.25) is 5.95 Å². The third-order valence-corrected chi connectivity index (χ3v) is 7.09. The van der Waals surface area contributed by atoms with E-state index >= 15 is 0 Å². The van der Waals surface area contributed by atoms with Gasteiger partial charge in [-0.05, 0) is 67.6 Å². The number of ether oxygens (including phenoxy) is 1. The fourth-order valence-corrected chi connectivity index (χ4v) is 4.83. The highest BCUT2D eigenvalue weighted by Gasteiger charge is 2.15. The number of anilines is 5. The summed E-state index contributed by atoms with van der Waals surface area (Å²) < 4.78 is 38.8. The Morgan fingerprint density at radius 2 is 1.41 bits per heavy atom. The molecule has 3 N–H and O–H groups in total. The Labute approximate surface area is 226 Å². The summed E-state index contributed by atoms with van der Waals surface area (Å²) in [5, 5.41) is 6.42. The van der Waals surface area contributed by atoms with Gasteiger partial charge in [-0.3, -0.25) is 4.72 Å². The molecule has 0 amide bonds. The first-order chi connectivity index (χ1) is 18.8. The summed E-state index contributed by atoms with van der Waals surface area (Å²) in [4.78, 5) is 13.4. The van der Waals surface area contributed by atoms with E-state index in [1.165, 1.54) is 18.4 Å². The van der Waals surface area contributed by atoms with Gasteiger partial charge in [-0.15, -0.1) is 0 Å². The van der Waals surface area contributed by atoms with Crippen LogP contribution in [0.2, 0.25) is 0 Å². The van der Waals surface area contributed by atoms with E-state index in [0.29, 0.717) is 34.7 Å². The zero-order valence-electron chi connectivity index (χ0n) is 21.5. The Hall–Kier alpha value is -4.90. The summed E-state index contributed by atoms with van der Waals surface area (Å²) in [6, 6.07) is 22.6. The van der Waals surface area contributed by atoms with Crippen molar-refractivity contribution < 1.29 is 17.6 Å². The Morgan fingerprint density at radius 1 is 0.769 bits per heavy atom. The van der Waals surface area contributed by atoms with Crippen molar-refractivity contribution in [2.45, 2.75) is 18.7 Å². The SMILES string of the molecule is COc1ccc(Nc2cc(C)nc(Nc3ccc(NS(=O)(=O)c4ccc(-c5coc(C)n5)cc4)cc3)n2)cc1. The lowest BCUT2D eigenvalue weighted by Crippen LogP contribution is -2.12. The second-order valence-electron chi connectivity index (χ2n) is 8.66. The van der Waals surface area contributed by atoms with Crippen LogP contribution in [-0.2, 0) is 10.0 Å². The van der Waals surface area contributed by atoms with Crippen molar-refractivity contribution in [3.63, 3.8) is 0 Å². The van der Waals surface area contributed by atoms with Gasteiger partial charge in [0.05, 0.1) is 12.0 Å². The molecule has 0 spiro atoms. The quantitative estimate of drug-likeness (QED) is 0.204. The van der Waals surface area contributed by atoms with Crippen LogP contribution >= 0.6 is 0 Å². The average Bonchev–Trinajstić information content (AvgIpc) is 3.36. The summed E-state index contributed by atoms with van der Waals surface area (Å²) in [5.41, 5.74) is 4.17. The molecule has 0 saturated heterocycles. The van der Waals surface area contributed by atoms with Crippen LogP contribution in [0.1, 0.15) is 11.6 Å². The lowest BCUT2D eigenvalue weighted by atomic mass is 10.2. The second-order valence-corrected chi connectivity index (χ2v) is 10.3. The number of hydrogen-bond donors (Lipinski definition) is 3. The number of hydrogen-bond acceptors (Lipinski definition) is 9. The van der Waals surface area contributed by atoms with Gasteiger partial charge in [0.1, 0.15) is 23.5 Å². The van der Waals surface area contributed by atoms with Gasteiger partial charge in [0.25, 0.3) is 10.0 Å². The molecule has 3 aromatic carbocycles. The van der Waals surface area contributed by atoms with Crippen molar-refractivity contribution in [3.05, 3.63) is 96.7 Å². The smallest absolute Gasteiger partial charge is 0.261 e. The van der Waals surface area contributed by atoms with Gasteiger partial charge in [0.15, 0.2) is 5.89 Å². The van der Waals surface area contributed by atoms with E-state index in [1.54, 1.807) is 50.4 Å². The molecule has 2 heterocycles. The van der Waals surface area contributed by atoms with Crippen molar-refractivity contribution in [3.8, 4) is 17.0 Å². The van der Waals surface area contributed by atoms with E-state index < -0.39 is 10.0 Å². The first-order valence-electron chi connectivity index (χ1n) is 12.0. The van der Waals surface area contributed by atoms with Crippen molar-refractivity contribution >= 4 is 38.9 Å². The van der Waals surface area contributed by atoms with Crippen LogP contribution in [0.5, 0.6) is 5.75 Å². The average molecular weight is 543 g/mol. The zero-order valence-corrected chi connectivity index (χ0v) is 22.3. The molecule has 0 saturated carbocycles. The number of benzene rings is 3. The minimum absolute atomic E-state index is 0.138. The van der Waals surface area contributed by atoms with E-state index in [9.17, 15) is 8.42 Å². The van der Waals surface area contributed by atoms with Gasteiger partial charge in [-0.1, -0.05) is 12.1 Å². The maximum atomic E-state index is 12.9. The molecule has 2 aromatic heterocycles. The molecule has 11 heteroatoms. The maximum Gasteiger partial charge on any atom is 0.261 e. The van der Waals surface area contributed by atoms with Crippen LogP contribution in [0.25, 0.3) is 11.3 Å². The minimum atomic E-state index is -3.78. The van der Waals surface area contributed by atoms with E-state index in [2.05, 4.69) is 30.3 Å². The van der Waals surface area contributed by atoms with Crippen LogP contribution in [0.15, 0.2) is 94.4 Å². The molecule has 39 heavy (non-hydrogen) atoms. The topological polar surface area (TPSA) is 131 Å². The molecule has 0 aliphatic heterocycles. The van der Waals surface area contributed by atoms with Crippen molar-refractivity contribution in [2.24, 2.45) is 0 Å². The maximum absolute atomic E-state index is 12.9. The van der Waals surface area contributed by atoms with Crippen molar-refractivity contribution in [1.82, 2.24) is 15.0 Å². The molecule has 0 bridgehead atoms. The molecule has 5 aromatic rings. The summed E-state index contributed by atoms with van der Waals surface area (Å²) >= 11 is 0. The summed E-state index contributed by atoms with van der Waals surface area (Å²) in [7, 11) is -2.16. The lowest BCUT2D eigenvalue weighted by molar-refractivity contribution is 0.415. The third kappa shape index (κ3) is 6.33. The van der Waals surface area contributed by atoms with E-state index in [4.69, 9.17) is 9.15 Å². The number of nitrogens with zero attached hydrogens (tertiary/aromatic N) is 3. The first-order valence-corrected chi connectivity index (χ1v) is 13.4. The standard InChI is InChI=1S/C28H26N6O4S/c1-18-16-27(31-21-10-12-24(37-3)13-11-21)33-28(29-18)32-22-6-8-23(9-7-22)34-39(35,36)25-14-4-20(5-15-25)26-17-38-19(2)30-26/h4-17,34H,1-3H3,(H2,29,31,32,33). The van der Waals surface area contributed by atoms with Gasteiger partial charge in [-0.2, -0.15) is 4.98 Å². The Morgan fingerprint density at radius 3 is 2.05 bits per heavy atom. The van der Waals surface area contributed by atoms with Crippen LogP contribution in [0.4, 0.5) is 28.8 Å². The number of methoxy groups -OCH3 is 1. The molecule has 198 valence electrons. The predicted molar refractivity (Wildman–Crippen MR) is 150 cm³/mol. The zero-order chi connectivity index (χ0) is 27.4. The molecule has 0 aliphatic rings. The molecule has 5 rings (SSSR count). The number of sulfonamides is 1. The highest BCUT2D eigenvalue weighted by molar-refractivity contribution is 7.92. The summed E-state index contributed by atoms with van der Waals surface area (Å²) in [5.74, 6) is 2.34. The van der Waals surface area contributed by atoms with Crippen LogP contribution in [-0.4, -0.2) is 30.5 Å². The van der Waals surface area contributed by atoms with E-state index in [0.717, 1.165) is 22.7 Å². The molecule has 10 nitrogen and oxygen atoms in total. The summed E-state index contributed by atoms with van der Waals surface area (Å²) in [6.45, 7) is 3.63. The van der Waals surface area contributed by atoms with Gasteiger partial charge in [0, 0.05) is 41.3 Å². The van der Waals surface area contributed by atoms with Crippen LogP contribution in [0.3, 0.4) is 0 Å². The van der Waals surface area contributed by atoms with Gasteiger partial charge < -0.3 is 19.8 Å². The Kier molecular flexibility index (Phi) is 7.15. The largest absolute Gasteiger partial charge is 0.497 e. The third-order valence-electron chi connectivity index (χ3n) is 5.69. The molecular weight excluding hydrogens is 516 g/mol. The highest BCUT2D eigenvalue weighted by Crippen LogP contribution is 2.25. The highest BCUT2D eigenvalue weighted by atomic mass is 32.2. The molecule has 0 atom stereocenters. The Bertz CT molecular complexity index is 1680. The lowest BCUT2D eigenvalue weighted by Gasteiger charge is -2.12. The number of oxazole rings is 1. The van der Waals surface area contributed by atoms with E-state index in [1.807, 2.05) is 37.3 Å². The van der Waals surface area contributed by atoms with E-state index in [-0.39, 0.29) is 4.90 Å². The number of nitrogens with one attached hydrogen (secondary N) is 3. The molecule has 0 aliphatic carbocycles. The second kappa shape index (κ2) is 10.8. The first kappa shape index (κ1) is 25.7. The minimum Gasteiger partial charge on any atom is -0.497 e. The number of aryl methyl sites for hydroxylation is 2. The molecule has 0 unspecified atom stereocenters. The Balaban J connectivity index is 1.24. The predicted octanol–water partition coefficient (Wildman–Crippen LogP) is 6.05. The van der Waals surface area contributed by atoms with Crippen molar-refractivity contribution in [2.75, 3.05) is 22.5 Å². The van der Waals surface area contributed by atoms with Gasteiger partial charge in [-0.25, -0.2) is 18.4 Å². The van der Waals surface area contributed by atoms with Crippen LogP contribution < -0.4 is 20.1 Å².